The molecule has 0 aromatic rings. The summed E-state index contributed by atoms with van der Waals surface area (Å²) < 4.78 is 37.6. The number of amides is 2. The quantitative estimate of drug-likeness (QED) is 0.393. The number of carbonyl (C=O) groups is 2. The van der Waals surface area contributed by atoms with Crippen molar-refractivity contribution in [3.05, 3.63) is 0 Å². The predicted molar refractivity (Wildman–Crippen MR) is 160 cm³/mol. The zero-order valence-corrected chi connectivity index (χ0v) is 27.4. The van der Waals surface area contributed by atoms with Crippen LogP contribution in [0.1, 0.15) is 72.1 Å². The Hall–Kier alpha value is -0.720. The molecule has 2 amide bonds. The Balaban J connectivity index is 1.18. The number of nitrogens with one attached hydrogen (secondary N) is 1. The van der Waals surface area contributed by atoms with Crippen molar-refractivity contribution in [3.63, 3.8) is 0 Å². The van der Waals surface area contributed by atoms with Crippen LogP contribution in [0.5, 0.6) is 0 Å². The van der Waals surface area contributed by atoms with Gasteiger partial charge in [-0.05, 0) is 97.1 Å². The Kier molecular flexibility index (Phi) is 10.9. The number of alkyl halides is 3. The summed E-state index contributed by atoms with van der Waals surface area (Å²) in [5.74, 6) is 0.877. The molecule has 4 saturated heterocycles. The van der Waals surface area contributed by atoms with Gasteiger partial charge in [-0.15, -0.1) is 0 Å². The van der Waals surface area contributed by atoms with E-state index in [2.05, 4.69) is 10.2 Å². The van der Waals surface area contributed by atoms with E-state index >= 15 is 0 Å². The predicted octanol–water partition coefficient (Wildman–Crippen LogP) is 4.77. The van der Waals surface area contributed by atoms with Crippen molar-refractivity contribution in [2.24, 2.45) is 11.8 Å². The fourth-order valence-corrected chi connectivity index (χ4v) is 9.33. The van der Waals surface area contributed by atoms with Gasteiger partial charge in [0.15, 0.2) is 0 Å². The van der Waals surface area contributed by atoms with E-state index in [-0.39, 0.29) is 42.5 Å². The van der Waals surface area contributed by atoms with Gasteiger partial charge in [-0.1, -0.05) is 34.8 Å². The highest BCUT2D eigenvalue weighted by Crippen LogP contribution is 2.39. The molecule has 4 fully saturated rings. The van der Waals surface area contributed by atoms with E-state index in [0.29, 0.717) is 18.8 Å². The van der Waals surface area contributed by atoms with Crippen LogP contribution in [-0.2, 0) is 19.5 Å². The van der Waals surface area contributed by atoms with E-state index in [4.69, 9.17) is 44.3 Å². The van der Waals surface area contributed by atoms with Gasteiger partial charge in [-0.2, -0.15) is 4.31 Å². The van der Waals surface area contributed by atoms with Crippen molar-refractivity contribution >= 4 is 57.0 Å². The van der Waals surface area contributed by atoms with Crippen molar-refractivity contribution < 1.29 is 27.5 Å². The van der Waals surface area contributed by atoms with Gasteiger partial charge in [0.1, 0.15) is 12.2 Å². The largest absolute Gasteiger partial charge is 0.445 e. The highest BCUT2D eigenvalue weighted by atomic mass is 35.6. The summed E-state index contributed by atoms with van der Waals surface area (Å²) in [7, 11) is -3.40. The van der Waals surface area contributed by atoms with E-state index in [0.717, 1.165) is 71.2 Å². The summed E-state index contributed by atoms with van der Waals surface area (Å²) in [4.78, 5) is 28.7. The number of nitrogens with zero attached hydrogens (tertiary/aromatic N) is 3. The molecule has 4 aliphatic heterocycles. The number of hydrogen-bond donors (Lipinski definition) is 1. The van der Waals surface area contributed by atoms with E-state index < -0.39 is 25.5 Å². The van der Waals surface area contributed by atoms with Gasteiger partial charge in [0, 0.05) is 37.8 Å². The first-order chi connectivity index (χ1) is 19.1. The van der Waals surface area contributed by atoms with Gasteiger partial charge in [-0.25, -0.2) is 18.0 Å². The maximum Gasteiger partial charge on any atom is 0.410 e. The summed E-state index contributed by atoms with van der Waals surface area (Å²) in [5, 5.41) is 2.81. The molecule has 2 unspecified atom stereocenters. The Morgan fingerprint density at radius 1 is 0.878 bits per heavy atom. The Morgan fingerprint density at radius 2 is 1.44 bits per heavy atom. The molecule has 0 aromatic heterocycles. The van der Waals surface area contributed by atoms with E-state index in [1.165, 1.54) is 0 Å². The average Bonchev–Trinajstić information content (AvgIpc) is 3.15. The molecule has 0 spiro atoms. The van der Waals surface area contributed by atoms with Crippen molar-refractivity contribution in [1.82, 2.24) is 19.4 Å². The second-order valence-electron chi connectivity index (χ2n) is 13.2. The summed E-state index contributed by atoms with van der Waals surface area (Å²) >= 11 is 16.9. The Morgan fingerprint density at radius 3 is 1.98 bits per heavy atom. The minimum atomic E-state index is -3.40. The molecule has 14 heteroatoms. The first-order valence-electron chi connectivity index (χ1n) is 14.8. The molecule has 2 bridgehead atoms. The van der Waals surface area contributed by atoms with Crippen molar-refractivity contribution in [2.75, 3.05) is 45.1 Å². The lowest BCUT2D eigenvalue weighted by molar-refractivity contribution is 0.0164. The molecule has 41 heavy (non-hydrogen) atoms. The molecular formula is C27H45Cl3N4O6S. The number of fused-ring (bicyclic) bond motifs is 2. The standard InChI is InChI=1S/C27H45Cl3N4O6S/c1-26(2,3)40-25(36)33-12-8-19(9-13-33)16-32-10-6-20(7-11-32)17-41(37,38)34-22-4-5-23(34)15-21(14-22)31-24(35)39-18-27(28,29)30/h19-23H,4-18H2,1-3H3,(H,31,35). The molecule has 0 aromatic carbocycles. The molecule has 1 N–H and O–H groups in total. The van der Waals surface area contributed by atoms with Crippen LogP contribution in [0.25, 0.3) is 0 Å². The number of carbonyl (C=O) groups excluding carboxylic acids is 2. The highest BCUT2D eigenvalue weighted by molar-refractivity contribution is 7.89. The molecule has 10 nitrogen and oxygen atoms in total. The van der Waals surface area contributed by atoms with Crippen LogP contribution in [0.15, 0.2) is 0 Å². The third-order valence-corrected chi connectivity index (χ3v) is 11.1. The summed E-state index contributed by atoms with van der Waals surface area (Å²) in [6, 6.07) is -0.381. The van der Waals surface area contributed by atoms with Crippen molar-refractivity contribution in [2.45, 2.75) is 99.7 Å². The van der Waals surface area contributed by atoms with E-state index in [1.54, 1.807) is 4.31 Å². The number of piperidine rings is 3. The van der Waals surface area contributed by atoms with Crippen LogP contribution in [0.2, 0.25) is 0 Å². The molecule has 4 rings (SSSR count). The molecule has 4 aliphatic rings. The number of alkyl carbamates (subject to hydrolysis) is 1. The molecule has 4 heterocycles. The zero-order valence-electron chi connectivity index (χ0n) is 24.3. The van der Waals surface area contributed by atoms with Gasteiger partial charge in [0.25, 0.3) is 0 Å². The first kappa shape index (κ1) is 33.2. The lowest BCUT2D eigenvalue weighted by Gasteiger charge is -2.40. The number of ether oxygens (including phenoxy) is 2. The SMILES string of the molecule is CC(C)(C)OC(=O)N1CCC(CN2CCC(CS(=O)(=O)N3C4CCC3CC(NC(=O)OCC(Cl)(Cl)Cl)C4)CC2)CC1. The maximum atomic E-state index is 13.5. The lowest BCUT2D eigenvalue weighted by Crippen LogP contribution is -2.53. The normalized spacial score (nSPS) is 27.6. The minimum absolute atomic E-state index is 0.108. The maximum absolute atomic E-state index is 13.5. The van der Waals surface area contributed by atoms with E-state index in [9.17, 15) is 18.0 Å². The van der Waals surface area contributed by atoms with Crippen LogP contribution < -0.4 is 5.32 Å². The molecule has 0 aliphatic carbocycles. The fraction of sp³-hybridized carbons (Fsp3) is 0.926. The third kappa shape index (κ3) is 9.89. The van der Waals surface area contributed by atoms with Crippen LogP contribution in [-0.4, -0.2) is 107 Å². The third-order valence-electron chi connectivity index (χ3n) is 8.61. The van der Waals surface area contributed by atoms with E-state index in [1.807, 2.05) is 25.7 Å². The van der Waals surface area contributed by atoms with Crippen LogP contribution in [0, 0.1) is 11.8 Å². The monoisotopic (exact) mass is 658 g/mol. The topological polar surface area (TPSA) is 108 Å². The number of halogens is 3. The van der Waals surface area contributed by atoms with Crippen molar-refractivity contribution in [1.29, 1.82) is 0 Å². The van der Waals surface area contributed by atoms with Crippen LogP contribution in [0.4, 0.5) is 9.59 Å². The molecule has 0 radical (unpaired) electrons. The van der Waals surface area contributed by atoms with Gasteiger partial charge in [0.05, 0.1) is 5.75 Å². The summed E-state index contributed by atoms with van der Waals surface area (Å²) in [5.41, 5.74) is -0.483. The number of likely N-dealkylation sites (tertiary alicyclic amines) is 2. The Bertz CT molecular complexity index is 1010. The Labute approximate surface area is 259 Å². The van der Waals surface area contributed by atoms with Gasteiger partial charge in [-0.3, -0.25) is 0 Å². The van der Waals surface area contributed by atoms with Crippen LogP contribution >= 0.6 is 34.8 Å². The number of rotatable bonds is 7. The van der Waals surface area contributed by atoms with Gasteiger partial charge >= 0.3 is 12.2 Å². The number of sulfonamides is 1. The summed E-state index contributed by atoms with van der Waals surface area (Å²) in [6.45, 7) is 9.55. The van der Waals surface area contributed by atoms with Gasteiger partial charge in [0.2, 0.25) is 13.8 Å². The highest BCUT2D eigenvalue weighted by Gasteiger charge is 2.47. The fourth-order valence-electron chi connectivity index (χ4n) is 6.77. The second-order valence-corrected chi connectivity index (χ2v) is 17.6. The minimum Gasteiger partial charge on any atom is -0.445 e. The molecule has 236 valence electrons. The first-order valence-corrected chi connectivity index (χ1v) is 17.5. The molecular weight excluding hydrogens is 615 g/mol. The lowest BCUT2D eigenvalue weighted by atomic mass is 9.93. The molecule has 0 saturated carbocycles. The summed E-state index contributed by atoms with van der Waals surface area (Å²) in [6.07, 6.45) is 5.51. The number of hydrogen-bond acceptors (Lipinski definition) is 7. The van der Waals surface area contributed by atoms with Crippen LogP contribution in [0.3, 0.4) is 0 Å². The smallest absolute Gasteiger partial charge is 0.410 e. The van der Waals surface area contributed by atoms with Crippen molar-refractivity contribution in [3.8, 4) is 0 Å². The van der Waals surface area contributed by atoms with Gasteiger partial charge < -0.3 is 24.6 Å². The average molecular weight is 660 g/mol. The zero-order chi connectivity index (χ0) is 30.0. The second kappa shape index (κ2) is 13.5. The molecule has 2 atom stereocenters.